The Morgan fingerprint density at radius 2 is 2.24 bits per heavy atom. The van der Waals surface area contributed by atoms with E-state index in [0.29, 0.717) is 22.9 Å². The maximum absolute atomic E-state index is 12.4. The molecular weight excluding hydrogens is 351 g/mol. The van der Waals surface area contributed by atoms with Gasteiger partial charge >= 0.3 is 5.97 Å². The number of ether oxygens (including phenoxy) is 2. The number of hydrogen-bond acceptors (Lipinski definition) is 6. The number of amides is 1. The molecule has 0 radical (unpaired) electrons. The predicted octanol–water partition coefficient (Wildman–Crippen LogP) is 3.08. The minimum absolute atomic E-state index is 0.141. The number of esters is 1. The fourth-order valence-electron chi connectivity index (χ4n) is 1.82. The summed E-state index contributed by atoms with van der Waals surface area (Å²) in [5.41, 5.74) is 9.44. The number of anilines is 1. The van der Waals surface area contributed by atoms with Crippen molar-refractivity contribution in [1.82, 2.24) is 0 Å². The van der Waals surface area contributed by atoms with Crippen LogP contribution in [0.3, 0.4) is 0 Å². The van der Waals surface area contributed by atoms with Gasteiger partial charge in [0.2, 0.25) is 5.91 Å². The average molecular weight is 370 g/mol. The molecule has 8 nitrogen and oxygen atoms in total. The summed E-state index contributed by atoms with van der Waals surface area (Å²) in [7, 11) is 1.33. The number of thioether (sulfide) groups is 1. The van der Waals surface area contributed by atoms with Gasteiger partial charge in [0.05, 0.1) is 19.2 Å². The minimum Gasteiger partial charge on any atom is -0.489 e. The summed E-state index contributed by atoms with van der Waals surface area (Å²) in [6.07, 6.45) is 0.276. The van der Waals surface area contributed by atoms with E-state index >= 15 is 0 Å². The highest BCUT2D eigenvalue weighted by molar-refractivity contribution is 7.98. The van der Waals surface area contributed by atoms with Gasteiger partial charge in [0, 0.05) is 16.4 Å². The van der Waals surface area contributed by atoms with Gasteiger partial charge in [-0.15, -0.1) is 0 Å². The summed E-state index contributed by atoms with van der Waals surface area (Å²) in [4.78, 5) is 25.5. The molecule has 10 heteroatoms. The molecule has 0 saturated heterocycles. The van der Waals surface area contributed by atoms with Gasteiger partial charge < -0.3 is 14.8 Å². The lowest BCUT2D eigenvalue weighted by Gasteiger charge is -2.15. The number of carbonyl (C=O) groups excluding carboxylic acids is 2. The van der Waals surface area contributed by atoms with Crippen molar-refractivity contribution in [2.75, 3.05) is 38.0 Å². The Morgan fingerprint density at radius 1 is 1.44 bits per heavy atom. The van der Waals surface area contributed by atoms with E-state index in [1.165, 1.54) is 18.9 Å². The van der Waals surface area contributed by atoms with Crippen molar-refractivity contribution in [2.24, 2.45) is 5.11 Å². The predicted molar refractivity (Wildman–Crippen MR) is 93.3 cm³/mol. The van der Waals surface area contributed by atoms with Crippen LogP contribution in [0.2, 0.25) is 0 Å². The first-order chi connectivity index (χ1) is 12.1. The number of alkyl halides is 1. The Hall–Kier alpha value is -2.45. The maximum atomic E-state index is 12.4. The van der Waals surface area contributed by atoms with Gasteiger partial charge in [-0.1, -0.05) is 17.2 Å². The molecule has 1 aromatic carbocycles. The third-order valence-corrected chi connectivity index (χ3v) is 3.93. The molecule has 0 unspecified atom stereocenters. The van der Waals surface area contributed by atoms with Crippen molar-refractivity contribution in [3.05, 3.63) is 34.2 Å². The molecule has 0 bridgehead atoms. The summed E-state index contributed by atoms with van der Waals surface area (Å²) >= 11 is 1.48. The van der Waals surface area contributed by atoms with Gasteiger partial charge in [-0.25, -0.2) is 4.39 Å². The van der Waals surface area contributed by atoms with Crippen LogP contribution in [-0.2, 0) is 20.1 Å². The molecule has 0 aliphatic heterocycles. The molecular formula is C15H19FN4O4S. The summed E-state index contributed by atoms with van der Waals surface area (Å²) in [6, 6.07) is 5.13. The molecule has 1 rings (SSSR count). The van der Waals surface area contributed by atoms with Crippen molar-refractivity contribution in [1.29, 1.82) is 0 Å². The average Bonchev–Trinajstić information content (AvgIpc) is 2.63. The van der Waals surface area contributed by atoms with Crippen molar-refractivity contribution in [3.63, 3.8) is 0 Å². The summed E-state index contributed by atoms with van der Waals surface area (Å²) in [5, 5.41) is 5.83. The van der Waals surface area contributed by atoms with Crippen LogP contribution in [0.4, 0.5) is 10.1 Å². The van der Waals surface area contributed by atoms with Gasteiger partial charge in [0.15, 0.2) is 0 Å². The van der Waals surface area contributed by atoms with E-state index in [2.05, 4.69) is 20.1 Å². The first-order valence-corrected chi connectivity index (χ1v) is 8.53. The van der Waals surface area contributed by atoms with Crippen LogP contribution in [0.5, 0.6) is 5.75 Å². The van der Waals surface area contributed by atoms with Crippen molar-refractivity contribution >= 4 is 29.3 Å². The van der Waals surface area contributed by atoms with Gasteiger partial charge in [-0.2, -0.15) is 11.8 Å². The SMILES string of the molecule is COC(=O)CCSCc1cccc(OCCF)c1NC(=O)CN=[N+]=[N-]. The fourth-order valence-corrected chi connectivity index (χ4v) is 2.74. The highest BCUT2D eigenvalue weighted by Gasteiger charge is 2.13. The van der Waals surface area contributed by atoms with Crippen LogP contribution >= 0.6 is 11.8 Å². The Morgan fingerprint density at radius 3 is 2.92 bits per heavy atom. The fraction of sp³-hybridized carbons (Fsp3) is 0.467. The van der Waals surface area contributed by atoms with E-state index in [4.69, 9.17) is 10.3 Å². The van der Waals surface area contributed by atoms with Crippen LogP contribution in [-0.4, -0.2) is 44.6 Å². The molecule has 0 heterocycles. The zero-order valence-corrected chi connectivity index (χ0v) is 14.6. The topological polar surface area (TPSA) is 113 Å². The molecule has 25 heavy (non-hydrogen) atoms. The second-order valence-electron chi connectivity index (χ2n) is 4.64. The molecule has 1 amide bonds. The number of para-hydroxylation sites is 1. The number of benzene rings is 1. The number of azide groups is 1. The standard InChI is InChI=1S/C15H19FN4O4S/c1-23-14(22)5-8-25-10-11-3-2-4-12(24-7-6-16)15(11)19-13(21)9-18-20-17/h2-4H,5-10H2,1H3,(H,19,21). The van der Waals surface area contributed by atoms with E-state index in [0.717, 1.165) is 5.56 Å². The number of carbonyl (C=O) groups is 2. The number of nitrogens with zero attached hydrogens (tertiary/aromatic N) is 3. The largest absolute Gasteiger partial charge is 0.489 e. The smallest absolute Gasteiger partial charge is 0.306 e. The van der Waals surface area contributed by atoms with Crippen LogP contribution in [0.15, 0.2) is 23.3 Å². The lowest BCUT2D eigenvalue weighted by Crippen LogP contribution is -2.17. The highest BCUT2D eigenvalue weighted by Crippen LogP contribution is 2.31. The Bertz CT molecular complexity index is 638. The van der Waals surface area contributed by atoms with Crippen LogP contribution in [0.1, 0.15) is 12.0 Å². The second-order valence-corrected chi connectivity index (χ2v) is 5.75. The van der Waals surface area contributed by atoms with Crippen molar-refractivity contribution < 1.29 is 23.5 Å². The van der Waals surface area contributed by atoms with Crippen LogP contribution in [0, 0.1) is 0 Å². The Balaban J connectivity index is 2.84. The Kier molecular flexibility index (Phi) is 9.88. The van der Waals surface area contributed by atoms with E-state index < -0.39 is 12.6 Å². The Labute approximate surface area is 148 Å². The lowest BCUT2D eigenvalue weighted by atomic mass is 10.2. The summed E-state index contributed by atoms with van der Waals surface area (Å²) in [6.45, 7) is -1.16. The van der Waals surface area contributed by atoms with E-state index in [9.17, 15) is 14.0 Å². The van der Waals surface area contributed by atoms with Crippen molar-refractivity contribution in [3.8, 4) is 5.75 Å². The zero-order valence-electron chi connectivity index (χ0n) is 13.7. The van der Waals surface area contributed by atoms with Gasteiger partial charge in [-0.3, -0.25) is 9.59 Å². The molecule has 0 aliphatic rings. The normalized spacial score (nSPS) is 9.84. The molecule has 1 aromatic rings. The molecule has 0 aliphatic carbocycles. The first kappa shape index (κ1) is 20.6. The quantitative estimate of drug-likeness (QED) is 0.211. The van der Waals surface area contributed by atoms with Crippen LogP contribution < -0.4 is 10.1 Å². The van der Waals surface area contributed by atoms with E-state index in [-0.39, 0.29) is 25.5 Å². The maximum Gasteiger partial charge on any atom is 0.306 e. The molecule has 1 N–H and O–H groups in total. The van der Waals surface area contributed by atoms with E-state index in [1.807, 2.05) is 0 Å². The van der Waals surface area contributed by atoms with Crippen molar-refractivity contribution in [2.45, 2.75) is 12.2 Å². The zero-order chi connectivity index (χ0) is 18.5. The van der Waals surface area contributed by atoms with E-state index in [1.54, 1.807) is 18.2 Å². The van der Waals surface area contributed by atoms with Gasteiger partial charge in [0.1, 0.15) is 25.6 Å². The highest BCUT2D eigenvalue weighted by atomic mass is 32.2. The number of halogens is 1. The monoisotopic (exact) mass is 370 g/mol. The molecule has 0 saturated carbocycles. The number of rotatable bonds is 11. The molecule has 0 fully saturated rings. The third-order valence-electron chi connectivity index (χ3n) is 2.92. The lowest BCUT2D eigenvalue weighted by molar-refractivity contribution is -0.140. The summed E-state index contributed by atoms with van der Waals surface area (Å²) < 4.78 is 22.3. The van der Waals surface area contributed by atoms with Crippen LogP contribution in [0.25, 0.3) is 10.4 Å². The third kappa shape index (κ3) is 7.77. The number of nitrogens with one attached hydrogen (secondary N) is 1. The number of methoxy groups -OCH3 is 1. The molecule has 0 aromatic heterocycles. The summed E-state index contributed by atoms with van der Waals surface area (Å²) in [5.74, 6) is 0.582. The van der Waals surface area contributed by atoms with Gasteiger partial charge in [-0.05, 0) is 17.2 Å². The second kappa shape index (κ2) is 12.0. The molecule has 136 valence electrons. The minimum atomic E-state index is -0.662. The molecule has 0 atom stereocenters. The first-order valence-electron chi connectivity index (χ1n) is 7.38. The number of hydrogen-bond donors (Lipinski definition) is 1. The van der Waals surface area contributed by atoms with Gasteiger partial charge in [0.25, 0.3) is 0 Å². The molecule has 0 spiro atoms.